The summed E-state index contributed by atoms with van der Waals surface area (Å²) < 4.78 is 16.9. The standard InChI is InChI=1S/C20H25NO3/c1-11-8-12(2)17-13(6-7-21)14-10-16(22-3)19(23-4)20(24-5)18(14)15(17)9-11/h8-10,13H,6-7,21H2,1-5H3. The maximum Gasteiger partial charge on any atom is 0.203 e. The molecule has 1 atom stereocenters. The summed E-state index contributed by atoms with van der Waals surface area (Å²) in [6, 6.07) is 6.53. The minimum absolute atomic E-state index is 0.259. The van der Waals surface area contributed by atoms with Crippen LogP contribution in [0.15, 0.2) is 18.2 Å². The van der Waals surface area contributed by atoms with Gasteiger partial charge in [0.1, 0.15) is 0 Å². The van der Waals surface area contributed by atoms with E-state index in [0.29, 0.717) is 18.0 Å². The molecule has 0 radical (unpaired) electrons. The molecule has 0 aliphatic heterocycles. The van der Waals surface area contributed by atoms with Gasteiger partial charge in [-0.05, 0) is 55.1 Å². The summed E-state index contributed by atoms with van der Waals surface area (Å²) in [6.45, 7) is 4.92. The Labute approximate surface area is 143 Å². The van der Waals surface area contributed by atoms with Crippen molar-refractivity contribution in [1.29, 1.82) is 0 Å². The first-order valence-corrected chi connectivity index (χ1v) is 8.21. The molecule has 0 aromatic heterocycles. The first-order valence-electron chi connectivity index (χ1n) is 8.21. The van der Waals surface area contributed by atoms with Gasteiger partial charge in [-0.3, -0.25) is 0 Å². The minimum Gasteiger partial charge on any atom is -0.493 e. The van der Waals surface area contributed by atoms with Gasteiger partial charge in [-0.2, -0.15) is 0 Å². The average molecular weight is 327 g/mol. The van der Waals surface area contributed by atoms with Crippen molar-refractivity contribution < 1.29 is 14.2 Å². The largest absolute Gasteiger partial charge is 0.493 e. The lowest BCUT2D eigenvalue weighted by atomic mass is 9.90. The van der Waals surface area contributed by atoms with E-state index in [0.717, 1.165) is 17.7 Å². The highest BCUT2D eigenvalue weighted by molar-refractivity contribution is 5.88. The predicted molar refractivity (Wildman–Crippen MR) is 96.5 cm³/mol. The number of hydrogen-bond acceptors (Lipinski definition) is 4. The van der Waals surface area contributed by atoms with Crippen molar-refractivity contribution in [3.05, 3.63) is 40.5 Å². The van der Waals surface area contributed by atoms with Gasteiger partial charge in [0, 0.05) is 11.5 Å². The Bertz CT molecular complexity index is 783. The zero-order valence-corrected chi connectivity index (χ0v) is 15.0. The van der Waals surface area contributed by atoms with Crippen LogP contribution >= 0.6 is 0 Å². The zero-order chi connectivity index (χ0) is 17.4. The third-order valence-electron chi connectivity index (χ3n) is 4.84. The number of nitrogens with two attached hydrogens (primary N) is 1. The SMILES string of the molecule is COc1cc2c(c(OC)c1OC)-c1cc(C)cc(C)c1C2CCN. The Balaban J connectivity index is 2.39. The molecule has 3 rings (SSSR count). The molecule has 1 aliphatic rings. The highest BCUT2D eigenvalue weighted by Gasteiger charge is 2.35. The van der Waals surface area contributed by atoms with Gasteiger partial charge in [0.05, 0.1) is 21.3 Å². The molecule has 0 spiro atoms. The summed E-state index contributed by atoms with van der Waals surface area (Å²) in [4.78, 5) is 0. The highest BCUT2D eigenvalue weighted by Crippen LogP contribution is 2.56. The van der Waals surface area contributed by atoms with Gasteiger partial charge in [0.25, 0.3) is 0 Å². The van der Waals surface area contributed by atoms with Crippen LogP contribution in [0.2, 0.25) is 0 Å². The van der Waals surface area contributed by atoms with Crippen LogP contribution in [-0.4, -0.2) is 27.9 Å². The monoisotopic (exact) mass is 327 g/mol. The van der Waals surface area contributed by atoms with Crippen LogP contribution in [0.25, 0.3) is 11.1 Å². The summed E-state index contributed by atoms with van der Waals surface area (Å²) in [5.74, 6) is 2.32. The van der Waals surface area contributed by atoms with E-state index in [9.17, 15) is 0 Å². The Kier molecular flexibility index (Phi) is 4.41. The number of hydrogen-bond donors (Lipinski definition) is 1. The Morgan fingerprint density at radius 2 is 1.67 bits per heavy atom. The van der Waals surface area contributed by atoms with E-state index in [1.807, 2.05) is 0 Å². The van der Waals surface area contributed by atoms with Gasteiger partial charge in [-0.1, -0.05) is 17.7 Å². The molecule has 4 heteroatoms. The fraction of sp³-hybridized carbons (Fsp3) is 0.400. The van der Waals surface area contributed by atoms with Crippen LogP contribution in [0.3, 0.4) is 0 Å². The molecular weight excluding hydrogens is 302 g/mol. The topological polar surface area (TPSA) is 53.7 Å². The van der Waals surface area contributed by atoms with Crippen LogP contribution in [0.5, 0.6) is 17.2 Å². The van der Waals surface area contributed by atoms with Crippen molar-refractivity contribution in [2.24, 2.45) is 5.73 Å². The van der Waals surface area contributed by atoms with Gasteiger partial charge < -0.3 is 19.9 Å². The highest BCUT2D eigenvalue weighted by atomic mass is 16.5. The molecule has 1 aliphatic carbocycles. The van der Waals surface area contributed by atoms with E-state index >= 15 is 0 Å². The fourth-order valence-electron chi connectivity index (χ4n) is 4.00. The summed E-state index contributed by atoms with van der Waals surface area (Å²) in [7, 11) is 4.97. The molecule has 2 N–H and O–H groups in total. The number of aryl methyl sites for hydroxylation is 2. The van der Waals surface area contributed by atoms with E-state index < -0.39 is 0 Å². The molecule has 0 amide bonds. The quantitative estimate of drug-likeness (QED) is 0.908. The Hall–Kier alpha value is -2.20. The molecule has 24 heavy (non-hydrogen) atoms. The van der Waals surface area contributed by atoms with Crippen molar-refractivity contribution in [1.82, 2.24) is 0 Å². The molecule has 0 saturated carbocycles. The number of fused-ring (bicyclic) bond motifs is 3. The lowest BCUT2D eigenvalue weighted by molar-refractivity contribution is 0.324. The summed E-state index contributed by atoms with van der Waals surface area (Å²) in [6.07, 6.45) is 0.891. The van der Waals surface area contributed by atoms with Gasteiger partial charge >= 0.3 is 0 Å². The number of ether oxygens (including phenoxy) is 3. The van der Waals surface area contributed by atoms with E-state index in [2.05, 4.69) is 32.0 Å². The van der Waals surface area contributed by atoms with Crippen molar-refractivity contribution >= 4 is 0 Å². The van der Waals surface area contributed by atoms with Gasteiger partial charge in [-0.15, -0.1) is 0 Å². The molecule has 128 valence electrons. The average Bonchev–Trinajstić information content (AvgIpc) is 2.87. The molecule has 0 saturated heterocycles. The molecule has 2 aromatic rings. The maximum absolute atomic E-state index is 5.91. The van der Waals surface area contributed by atoms with Crippen LogP contribution in [0, 0.1) is 13.8 Å². The Morgan fingerprint density at radius 1 is 0.958 bits per heavy atom. The fourth-order valence-corrected chi connectivity index (χ4v) is 4.00. The molecule has 4 nitrogen and oxygen atoms in total. The summed E-state index contributed by atoms with van der Waals surface area (Å²) in [5, 5.41) is 0. The predicted octanol–water partition coefficient (Wildman–Crippen LogP) is 3.79. The van der Waals surface area contributed by atoms with Crippen molar-refractivity contribution in [3.8, 4) is 28.4 Å². The van der Waals surface area contributed by atoms with Crippen molar-refractivity contribution in [3.63, 3.8) is 0 Å². The van der Waals surface area contributed by atoms with Crippen LogP contribution in [0.4, 0.5) is 0 Å². The van der Waals surface area contributed by atoms with Gasteiger partial charge in [0.2, 0.25) is 5.75 Å². The third-order valence-corrected chi connectivity index (χ3v) is 4.84. The van der Waals surface area contributed by atoms with Crippen molar-refractivity contribution in [2.45, 2.75) is 26.2 Å². The molecule has 0 fully saturated rings. The van der Waals surface area contributed by atoms with E-state index in [4.69, 9.17) is 19.9 Å². The number of benzene rings is 2. The van der Waals surface area contributed by atoms with E-state index in [1.54, 1.807) is 21.3 Å². The first kappa shape index (κ1) is 16.7. The molecular formula is C20H25NO3. The third kappa shape index (κ3) is 2.33. The summed E-state index contributed by atoms with van der Waals surface area (Å²) in [5.41, 5.74) is 13.3. The second-order valence-electron chi connectivity index (χ2n) is 6.28. The summed E-state index contributed by atoms with van der Waals surface area (Å²) >= 11 is 0. The number of rotatable bonds is 5. The number of methoxy groups -OCH3 is 3. The zero-order valence-electron chi connectivity index (χ0n) is 15.0. The first-order chi connectivity index (χ1) is 11.6. The lowest BCUT2D eigenvalue weighted by Crippen LogP contribution is -2.08. The molecule has 1 unspecified atom stereocenters. The second-order valence-corrected chi connectivity index (χ2v) is 6.28. The molecule has 2 aromatic carbocycles. The minimum atomic E-state index is 0.259. The molecule has 0 bridgehead atoms. The van der Waals surface area contributed by atoms with E-state index in [-0.39, 0.29) is 5.92 Å². The van der Waals surface area contributed by atoms with Crippen LogP contribution < -0.4 is 19.9 Å². The molecule has 0 heterocycles. The lowest BCUT2D eigenvalue weighted by Gasteiger charge is -2.18. The van der Waals surface area contributed by atoms with Crippen LogP contribution in [-0.2, 0) is 0 Å². The Morgan fingerprint density at radius 3 is 2.25 bits per heavy atom. The maximum atomic E-state index is 5.91. The second kappa shape index (κ2) is 6.36. The van der Waals surface area contributed by atoms with E-state index in [1.165, 1.54) is 27.8 Å². The smallest absolute Gasteiger partial charge is 0.203 e. The van der Waals surface area contributed by atoms with Crippen LogP contribution in [0.1, 0.15) is 34.6 Å². The van der Waals surface area contributed by atoms with Crippen molar-refractivity contribution in [2.75, 3.05) is 27.9 Å². The van der Waals surface area contributed by atoms with Gasteiger partial charge in [0.15, 0.2) is 11.5 Å². The normalized spacial score (nSPS) is 15.0. The van der Waals surface area contributed by atoms with Gasteiger partial charge in [-0.25, -0.2) is 0 Å².